The van der Waals surface area contributed by atoms with Crippen molar-refractivity contribution in [2.75, 3.05) is 27.3 Å². The minimum atomic E-state index is -0.00116. The number of nitrogens with two attached hydrogens (primary N) is 1. The number of ether oxygens (including phenoxy) is 1. The van der Waals surface area contributed by atoms with E-state index in [4.69, 9.17) is 10.5 Å². The van der Waals surface area contributed by atoms with Crippen molar-refractivity contribution in [1.82, 2.24) is 4.90 Å². The largest absolute Gasteiger partial charge is 0.382 e. The molecule has 1 aliphatic rings. The molecule has 0 saturated heterocycles. The molecule has 12 heavy (non-hydrogen) atoms. The van der Waals surface area contributed by atoms with Gasteiger partial charge in [-0.2, -0.15) is 0 Å². The molecule has 1 unspecified atom stereocenters. The second-order valence-electron chi connectivity index (χ2n) is 3.24. The SMILES string of the molecule is CCC1(COC)CN=C(N)N1C. The Kier molecular flexibility index (Phi) is 2.57. The van der Waals surface area contributed by atoms with Crippen LogP contribution < -0.4 is 5.73 Å². The first-order valence-electron chi connectivity index (χ1n) is 4.19. The highest BCUT2D eigenvalue weighted by Crippen LogP contribution is 2.23. The monoisotopic (exact) mass is 171 g/mol. The second kappa shape index (κ2) is 3.31. The number of aliphatic imine (C=N–C) groups is 1. The molecule has 1 atom stereocenters. The number of hydrogen-bond acceptors (Lipinski definition) is 4. The van der Waals surface area contributed by atoms with E-state index in [0.29, 0.717) is 12.6 Å². The molecule has 70 valence electrons. The van der Waals surface area contributed by atoms with Crippen LogP contribution in [0.15, 0.2) is 4.99 Å². The fraction of sp³-hybridized carbons (Fsp3) is 0.875. The van der Waals surface area contributed by atoms with Gasteiger partial charge in [-0.3, -0.25) is 4.99 Å². The van der Waals surface area contributed by atoms with Gasteiger partial charge < -0.3 is 15.4 Å². The first kappa shape index (κ1) is 9.32. The predicted octanol–water partition coefficient (Wildman–Crippen LogP) is 0.0417. The van der Waals surface area contributed by atoms with Crippen molar-refractivity contribution in [1.29, 1.82) is 0 Å². The van der Waals surface area contributed by atoms with Crippen LogP contribution in [0.2, 0.25) is 0 Å². The Labute approximate surface area is 73.4 Å². The van der Waals surface area contributed by atoms with E-state index in [1.165, 1.54) is 0 Å². The summed E-state index contributed by atoms with van der Waals surface area (Å²) in [6.07, 6.45) is 1.00. The molecule has 0 fully saturated rings. The third-order valence-corrected chi connectivity index (χ3v) is 2.66. The first-order valence-corrected chi connectivity index (χ1v) is 4.19. The Hall–Kier alpha value is -0.770. The molecular formula is C8H17N3O. The van der Waals surface area contributed by atoms with Gasteiger partial charge in [0.1, 0.15) is 0 Å². The summed E-state index contributed by atoms with van der Waals surface area (Å²) in [4.78, 5) is 6.21. The van der Waals surface area contributed by atoms with E-state index >= 15 is 0 Å². The number of rotatable bonds is 3. The Morgan fingerprint density at radius 2 is 2.42 bits per heavy atom. The van der Waals surface area contributed by atoms with E-state index in [1.807, 2.05) is 11.9 Å². The average molecular weight is 171 g/mol. The van der Waals surface area contributed by atoms with Gasteiger partial charge in [0.05, 0.1) is 18.7 Å². The summed E-state index contributed by atoms with van der Waals surface area (Å²) in [6, 6.07) is 0. The van der Waals surface area contributed by atoms with Crippen LogP contribution in [0.3, 0.4) is 0 Å². The van der Waals surface area contributed by atoms with Crippen LogP contribution in [0.25, 0.3) is 0 Å². The van der Waals surface area contributed by atoms with Crippen LogP contribution in [0, 0.1) is 0 Å². The summed E-state index contributed by atoms with van der Waals surface area (Å²) in [5.41, 5.74) is 5.68. The Balaban J connectivity index is 2.71. The van der Waals surface area contributed by atoms with Crippen LogP contribution in [0.1, 0.15) is 13.3 Å². The van der Waals surface area contributed by atoms with Crippen LogP contribution in [-0.4, -0.2) is 43.7 Å². The van der Waals surface area contributed by atoms with Gasteiger partial charge in [0, 0.05) is 14.2 Å². The second-order valence-corrected chi connectivity index (χ2v) is 3.24. The summed E-state index contributed by atoms with van der Waals surface area (Å²) in [5, 5.41) is 0. The highest BCUT2D eigenvalue weighted by atomic mass is 16.5. The maximum absolute atomic E-state index is 5.68. The summed E-state index contributed by atoms with van der Waals surface area (Å²) < 4.78 is 5.17. The molecule has 1 heterocycles. The molecule has 1 aliphatic heterocycles. The highest BCUT2D eigenvalue weighted by molar-refractivity contribution is 5.80. The zero-order chi connectivity index (χ0) is 9.19. The van der Waals surface area contributed by atoms with Crippen molar-refractivity contribution in [3.05, 3.63) is 0 Å². The van der Waals surface area contributed by atoms with E-state index in [1.54, 1.807) is 7.11 Å². The summed E-state index contributed by atoms with van der Waals surface area (Å²) in [7, 11) is 3.67. The first-order chi connectivity index (χ1) is 5.66. The summed E-state index contributed by atoms with van der Waals surface area (Å²) >= 11 is 0. The van der Waals surface area contributed by atoms with Gasteiger partial charge in [-0.05, 0) is 6.42 Å². The Morgan fingerprint density at radius 1 is 1.75 bits per heavy atom. The molecular weight excluding hydrogens is 154 g/mol. The molecule has 0 amide bonds. The minimum absolute atomic E-state index is 0.00116. The van der Waals surface area contributed by atoms with Crippen molar-refractivity contribution >= 4 is 5.96 Å². The number of hydrogen-bond donors (Lipinski definition) is 1. The van der Waals surface area contributed by atoms with E-state index < -0.39 is 0 Å². The van der Waals surface area contributed by atoms with Gasteiger partial charge in [0.25, 0.3) is 0 Å². The summed E-state index contributed by atoms with van der Waals surface area (Å²) in [6.45, 7) is 3.56. The fourth-order valence-corrected chi connectivity index (χ4v) is 1.55. The third kappa shape index (κ3) is 1.27. The lowest BCUT2D eigenvalue weighted by atomic mass is 9.97. The number of methoxy groups -OCH3 is 1. The molecule has 0 spiro atoms. The van der Waals surface area contributed by atoms with Gasteiger partial charge in [-0.1, -0.05) is 6.92 Å². The van der Waals surface area contributed by atoms with Crippen LogP contribution in [-0.2, 0) is 4.74 Å². The van der Waals surface area contributed by atoms with Gasteiger partial charge in [0.2, 0.25) is 0 Å². The number of guanidine groups is 1. The smallest absolute Gasteiger partial charge is 0.191 e. The van der Waals surface area contributed by atoms with Gasteiger partial charge in [-0.25, -0.2) is 0 Å². The number of likely N-dealkylation sites (N-methyl/N-ethyl adjacent to an activating group) is 1. The van der Waals surface area contributed by atoms with E-state index in [2.05, 4.69) is 11.9 Å². The molecule has 0 bridgehead atoms. The normalized spacial score (nSPS) is 29.2. The molecule has 4 heteroatoms. The van der Waals surface area contributed by atoms with Gasteiger partial charge in [-0.15, -0.1) is 0 Å². The molecule has 4 nitrogen and oxygen atoms in total. The van der Waals surface area contributed by atoms with E-state index in [0.717, 1.165) is 13.0 Å². The lowest BCUT2D eigenvalue weighted by Gasteiger charge is -2.35. The average Bonchev–Trinajstić information content (AvgIpc) is 2.35. The highest BCUT2D eigenvalue weighted by Gasteiger charge is 2.38. The zero-order valence-corrected chi connectivity index (χ0v) is 8.00. The number of nitrogens with zero attached hydrogens (tertiary/aromatic N) is 2. The van der Waals surface area contributed by atoms with Crippen molar-refractivity contribution in [2.24, 2.45) is 10.7 Å². The van der Waals surface area contributed by atoms with Crippen LogP contribution in [0.4, 0.5) is 0 Å². The zero-order valence-electron chi connectivity index (χ0n) is 8.00. The third-order valence-electron chi connectivity index (χ3n) is 2.66. The standard InChI is InChI=1S/C8H17N3O/c1-4-8(6-12-3)5-10-7(9)11(8)2/h4-6H2,1-3H3,(H2,9,10). The fourth-order valence-electron chi connectivity index (χ4n) is 1.55. The lowest BCUT2D eigenvalue weighted by Crippen LogP contribution is -2.51. The van der Waals surface area contributed by atoms with Crippen molar-refractivity contribution in [3.8, 4) is 0 Å². The molecule has 0 aromatic carbocycles. The van der Waals surface area contributed by atoms with Crippen molar-refractivity contribution in [3.63, 3.8) is 0 Å². The molecule has 0 saturated carbocycles. The maximum Gasteiger partial charge on any atom is 0.191 e. The van der Waals surface area contributed by atoms with E-state index in [-0.39, 0.29) is 5.54 Å². The molecule has 0 aromatic heterocycles. The lowest BCUT2D eigenvalue weighted by molar-refractivity contribution is 0.0752. The van der Waals surface area contributed by atoms with Crippen LogP contribution in [0.5, 0.6) is 0 Å². The maximum atomic E-state index is 5.68. The van der Waals surface area contributed by atoms with E-state index in [9.17, 15) is 0 Å². The predicted molar refractivity (Wildman–Crippen MR) is 49.2 cm³/mol. The van der Waals surface area contributed by atoms with Crippen LogP contribution >= 0.6 is 0 Å². The molecule has 1 rings (SSSR count). The van der Waals surface area contributed by atoms with Gasteiger partial charge in [0.15, 0.2) is 5.96 Å². The molecule has 0 aromatic rings. The minimum Gasteiger partial charge on any atom is -0.382 e. The topological polar surface area (TPSA) is 50.9 Å². The Bertz CT molecular complexity index is 193. The Morgan fingerprint density at radius 3 is 2.75 bits per heavy atom. The summed E-state index contributed by atoms with van der Waals surface area (Å²) in [5.74, 6) is 0.619. The van der Waals surface area contributed by atoms with Crippen molar-refractivity contribution < 1.29 is 4.74 Å². The molecule has 0 aliphatic carbocycles. The molecule has 2 N–H and O–H groups in total. The quantitative estimate of drug-likeness (QED) is 0.652. The van der Waals surface area contributed by atoms with Gasteiger partial charge >= 0.3 is 0 Å². The molecule has 0 radical (unpaired) electrons. The van der Waals surface area contributed by atoms with Crippen molar-refractivity contribution in [2.45, 2.75) is 18.9 Å².